The van der Waals surface area contributed by atoms with Crippen LogP contribution in [0.25, 0.3) is 0 Å². The van der Waals surface area contributed by atoms with E-state index >= 15 is 0 Å². The van der Waals surface area contributed by atoms with Crippen LogP contribution in [-0.4, -0.2) is 41.8 Å². The van der Waals surface area contributed by atoms with Gasteiger partial charge in [0, 0.05) is 13.1 Å². The Labute approximate surface area is 135 Å². The lowest BCUT2D eigenvalue weighted by Crippen LogP contribution is -2.45. The van der Waals surface area contributed by atoms with Gasteiger partial charge in [-0.15, -0.1) is 0 Å². The Morgan fingerprint density at radius 2 is 1.78 bits per heavy atom. The standard InChI is InChI=1S/C17H21N3O3/c21-15(20-9-5-1-2-6-10-20)11-14-17(23)18-13-8-4-3-7-12(13)16(22)19-14/h3-4,7-8,14H,1-2,5-6,9-11H2,(H,18,23)(H,19,22). The third-order valence-corrected chi connectivity index (χ3v) is 4.39. The Morgan fingerprint density at radius 1 is 1.09 bits per heavy atom. The van der Waals surface area contributed by atoms with Gasteiger partial charge in [0.15, 0.2) is 0 Å². The molecule has 0 saturated carbocycles. The summed E-state index contributed by atoms with van der Waals surface area (Å²) in [4.78, 5) is 38.8. The average Bonchev–Trinajstić information content (AvgIpc) is 2.88. The molecule has 0 aromatic heterocycles. The number of rotatable bonds is 2. The smallest absolute Gasteiger partial charge is 0.254 e. The van der Waals surface area contributed by atoms with Gasteiger partial charge in [0.05, 0.1) is 17.7 Å². The van der Waals surface area contributed by atoms with Crippen LogP contribution in [0.5, 0.6) is 0 Å². The summed E-state index contributed by atoms with van der Waals surface area (Å²) in [6, 6.07) is 6.02. The molecule has 0 aliphatic carbocycles. The summed E-state index contributed by atoms with van der Waals surface area (Å²) in [5.74, 6) is -0.739. The number of nitrogens with one attached hydrogen (secondary N) is 2. The van der Waals surface area contributed by atoms with E-state index in [2.05, 4.69) is 10.6 Å². The van der Waals surface area contributed by atoms with E-state index in [9.17, 15) is 14.4 Å². The van der Waals surface area contributed by atoms with Gasteiger partial charge in [-0.25, -0.2) is 0 Å². The van der Waals surface area contributed by atoms with Crippen molar-refractivity contribution >= 4 is 23.4 Å². The molecule has 3 rings (SSSR count). The molecule has 1 aromatic carbocycles. The third kappa shape index (κ3) is 3.52. The van der Waals surface area contributed by atoms with E-state index in [4.69, 9.17) is 0 Å². The first-order valence-electron chi connectivity index (χ1n) is 8.13. The van der Waals surface area contributed by atoms with Crippen LogP contribution < -0.4 is 10.6 Å². The summed E-state index contributed by atoms with van der Waals surface area (Å²) in [6.45, 7) is 1.47. The first-order valence-corrected chi connectivity index (χ1v) is 8.13. The summed E-state index contributed by atoms with van der Waals surface area (Å²) >= 11 is 0. The molecule has 3 amide bonds. The number of anilines is 1. The van der Waals surface area contributed by atoms with Crippen molar-refractivity contribution in [1.29, 1.82) is 0 Å². The molecule has 1 unspecified atom stereocenters. The van der Waals surface area contributed by atoms with Gasteiger partial charge in [-0.05, 0) is 25.0 Å². The number of carbonyl (C=O) groups excluding carboxylic acids is 3. The van der Waals surface area contributed by atoms with Gasteiger partial charge in [-0.3, -0.25) is 14.4 Å². The largest absolute Gasteiger partial charge is 0.343 e. The zero-order valence-corrected chi connectivity index (χ0v) is 13.0. The normalized spacial score (nSPS) is 21.6. The highest BCUT2D eigenvalue weighted by atomic mass is 16.2. The first kappa shape index (κ1) is 15.5. The number of likely N-dealkylation sites (tertiary alicyclic amines) is 1. The molecule has 0 spiro atoms. The van der Waals surface area contributed by atoms with Crippen molar-refractivity contribution in [2.24, 2.45) is 0 Å². The second kappa shape index (κ2) is 6.81. The fourth-order valence-electron chi connectivity index (χ4n) is 3.08. The summed E-state index contributed by atoms with van der Waals surface area (Å²) in [5, 5.41) is 5.40. The van der Waals surface area contributed by atoms with Crippen molar-refractivity contribution in [3.05, 3.63) is 29.8 Å². The van der Waals surface area contributed by atoms with E-state index < -0.39 is 6.04 Å². The van der Waals surface area contributed by atoms with Crippen molar-refractivity contribution in [3.63, 3.8) is 0 Å². The molecule has 1 fully saturated rings. The first-order chi connectivity index (χ1) is 11.1. The molecule has 6 nitrogen and oxygen atoms in total. The Bertz CT molecular complexity index is 621. The summed E-state index contributed by atoms with van der Waals surface area (Å²) in [7, 11) is 0. The molecule has 2 aliphatic rings. The highest BCUT2D eigenvalue weighted by Gasteiger charge is 2.30. The molecule has 1 saturated heterocycles. The molecule has 2 aliphatic heterocycles. The molecule has 122 valence electrons. The van der Waals surface area contributed by atoms with Crippen molar-refractivity contribution in [2.75, 3.05) is 18.4 Å². The van der Waals surface area contributed by atoms with Crippen LogP contribution in [0, 0.1) is 0 Å². The van der Waals surface area contributed by atoms with E-state index in [1.807, 2.05) is 4.90 Å². The lowest BCUT2D eigenvalue weighted by molar-refractivity contribution is -0.133. The molecule has 0 radical (unpaired) electrons. The van der Waals surface area contributed by atoms with E-state index in [0.29, 0.717) is 11.3 Å². The summed E-state index contributed by atoms with van der Waals surface area (Å²) < 4.78 is 0. The minimum absolute atomic E-state index is 0.00552. The number of carbonyl (C=O) groups is 3. The van der Waals surface area contributed by atoms with Gasteiger partial charge in [0.25, 0.3) is 5.91 Å². The zero-order chi connectivity index (χ0) is 16.2. The monoisotopic (exact) mass is 315 g/mol. The minimum Gasteiger partial charge on any atom is -0.343 e. The highest BCUT2D eigenvalue weighted by Crippen LogP contribution is 2.19. The number of hydrogen-bond acceptors (Lipinski definition) is 3. The highest BCUT2D eigenvalue weighted by molar-refractivity contribution is 6.10. The maximum atomic E-state index is 12.5. The summed E-state index contributed by atoms with van der Waals surface area (Å²) in [6.07, 6.45) is 4.28. The topological polar surface area (TPSA) is 78.5 Å². The predicted molar refractivity (Wildman–Crippen MR) is 86.0 cm³/mol. The van der Waals surface area contributed by atoms with Crippen LogP contribution in [0.1, 0.15) is 42.5 Å². The van der Waals surface area contributed by atoms with Crippen LogP contribution in [0.4, 0.5) is 5.69 Å². The van der Waals surface area contributed by atoms with Gasteiger partial charge >= 0.3 is 0 Å². The number of nitrogens with zero attached hydrogens (tertiary/aromatic N) is 1. The Balaban J connectivity index is 1.70. The summed E-state index contributed by atoms with van der Waals surface area (Å²) in [5.41, 5.74) is 0.908. The fourth-order valence-corrected chi connectivity index (χ4v) is 3.08. The van der Waals surface area contributed by atoms with Crippen LogP contribution in [-0.2, 0) is 9.59 Å². The van der Waals surface area contributed by atoms with Crippen LogP contribution in [0.3, 0.4) is 0 Å². The van der Waals surface area contributed by atoms with E-state index in [-0.39, 0.29) is 24.1 Å². The minimum atomic E-state index is -0.828. The zero-order valence-electron chi connectivity index (χ0n) is 13.0. The molecule has 1 aromatic rings. The van der Waals surface area contributed by atoms with E-state index in [1.54, 1.807) is 24.3 Å². The van der Waals surface area contributed by atoms with Crippen molar-refractivity contribution in [1.82, 2.24) is 10.2 Å². The fraction of sp³-hybridized carbons (Fsp3) is 0.471. The van der Waals surface area contributed by atoms with Gasteiger partial charge in [0.2, 0.25) is 11.8 Å². The second-order valence-electron chi connectivity index (χ2n) is 6.06. The number of amides is 3. The van der Waals surface area contributed by atoms with Gasteiger partial charge in [0.1, 0.15) is 6.04 Å². The maximum absolute atomic E-state index is 12.5. The van der Waals surface area contributed by atoms with Crippen LogP contribution >= 0.6 is 0 Å². The Hall–Kier alpha value is -2.37. The molecule has 2 heterocycles. The Kier molecular flexibility index (Phi) is 4.60. The van der Waals surface area contributed by atoms with Gasteiger partial charge in [-0.1, -0.05) is 25.0 Å². The van der Waals surface area contributed by atoms with E-state index in [0.717, 1.165) is 38.8 Å². The Morgan fingerprint density at radius 3 is 2.52 bits per heavy atom. The second-order valence-corrected chi connectivity index (χ2v) is 6.06. The third-order valence-electron chi connectivity index (χ3n) is 4.39. The van der Waals surface area contributed by atoms with Crippen molar-refractivity contribution < 1.29 is 14.4 Å². The molecule has 1 atom stereocenters. The molecular formula is C17H21N3O3. The SMILES string of the molecule is O=C1NC(CC(=O)N2CCCCCC2)C(=O)Nc2ccccc21. The number of hydrogen-bond donors (Lipinski definition) is 2. The molecule has 23 heavy (non-hydrogen) atoms. The molecule has 0 bridgehead atoms. The average molecular weight is 315 g/mol. The van der Waals surface area contributed by atoms with Crippen LogP contribution in [0.2, 0.25) is 0 Å². The van der Waals surface area contributed by atoms with E-state index in [1.165, 1.54) is 0 Å². The quantitative estimate of drug-likeness (QED) is 0.869. The van der Waals surface area contributed by atoms with Gasteiger partial charge < -0.3 is 15.5 Å². The van der Waals surface area contributed by atoms with Gasteiger partial charge in [-0.2, -0.15) is 0 Å². The lowest BCUT2D eigenvalue weighted by atomic mass is 10.1. The van der Waals surface area contributed by atoms with Crippen LogP contribution in [0.15, 0.2) is 24.3 Å². The number of fused-ring (bicyclic) bond motifs is 1. The maximum Gasteiger partial charge on any atom is 0.254 e. The predicted octanol–water partition coefficient (Wildman–Crippen LogP) is 1.53. The molecular weight excluding hydrogens is 294 g/mol. The molecule has 6 heteroatoms. The lowest BCUT2D eigenvalue weighted by Gasteiger charge is -2.23. The number of para-hydroxylation sites is 1. The van der Waals surface area contributed by atoms with Crippen molar-refractivity contribution in [3.8, 4) is 0 Å². The number of benzene rings is 1. The molecule has 2 N–H and O–H groups in total. The van der Waals surface area contributed by atoms with Crippen molar-refractivity contribution in [2.45, 2.75) is 38.1 Å².